The van der Waals surface area contributed by atoms with Crippen molar-refractivity contribution in [1.29, 1.82) is 0 Å². The van der Waals surface area contributed by atoms with Crippen LogP contribution in [-0.2, 0) is 42.6 Å². The number of nitrogens with one attached hydrogen (secondary N) is 2. The lowest BCUT2D eigenvalue weighted by atomic mass is 9.90. The zero-order chi connectivity index (χ0) is 32.9. The Kier molecular flexibility index (Phi) is 7.83. The van der Waals surface area contributed by atoms with Crippen LogP contribution in [0.3, 0.4) is 0 Å². The maximum absolute atomic E-state index is 14.0. The number of aromatic nitrogens is 4. The summed E-state index contributed by atoms with van der Waals surface area (Å²) >= 11 is 0. The molecule has 0 atom stereocenters. The van der Waals surface area contributed by atoms with Gasteiger partial charge in [0.1, 0.15) is 29.6 Å². The Labute approximate surface area is 273 Å². The minimum Gasteiger partial charge on any atom is -0.461 e. The first-order valence-electron chi connectivity index (χ1n) is 16.1. The van der Waals surface area contributed by atoms with Crippen LogP contribution in [-0.4, -0.2) is 63.7 Å². The molecule has 1 fully saturated rings. The number of nitrogens with zero attached hydrogens (tertiary/aromatic N) is 6. The Morgan fingerprint density at radius 3 is 2.60 bits per heavy atom. The molecular formula is C35H40N8O4. The maximum Gasteiger partial charge on any atom is 0.302 e. The number of carbonyl (C=O) groups excluding carboxylic acids is 2. The molecule has 4 aromatic rings. The number of amides is 1. The van der Waals surface area contributed by atoms with Crippen LogP contribution in [0.4, 0.5) is 23.0 Å². The van der Waals surface area contributed by atoms with E-state index in [2.05, 4.69) is 43.9 Å². The molecule has 1 saturated heterocycles. The molecule has 0 unspecified atom stereocenters. The van der Waals surface area contributed by atoms with Gasteiger partial charge in [0, 0.05) is 82.5 Å². The van der Waals surface area contributed by atoms with Crippen molar-refractivity contribution in [3.63, 3.8) is 0 Å². The quantitative estimate of drug-likeness (QED) is 0.293. The lowest BCUT2D eigenvalue weighted by Gasteiger charge is -2.31. The lowest BCUT2D eigenvalue weighted by Crippen LogP contribution is -2.43. The molecule has 12 nitrogen and oxygen atoms in total. The second kappa shape index (κ2) is 12.0. The standard InChI is InChI=1S/C35H40N8O4/c1-22(44)47-21-27-26(7-8-37-32(27)43-14-13-42-29(34(43)46)16-23-17-35(2,3)18-30(23)42)24-15-28(33(45)40(4)20-24)39-31-6-5-25(19-38-31)41-11-9-36-10-12-41/h5-8,15-16,19-20,36H,9-14,17-18,21H2,1-4H3,(H,38,39). The number of piperazine rings is 1. The van der Waals surface area contributed by atoms with Gasteiger partial charge in [-0.2, -0.15) is 0 Å². The average molecular weight is 637 g/mol. The van der Waals surface area contributed by atoms with Gasteiger partial charge in [0.25, 0.3) is 11.5 Å². The van der Waals surface area contributed by atoms with Crippen LogP contribution in [0.2, 0.25) is 0 Å². The summed E-state index contributed by atoms with van der Waals surface area (Å²) in [5, 5.41) is 6.55. The molecule has 7 rings (SSSR count). The molecule has 4 aromatic heterocycles. The van der Waals surface area contributed by atoms with Gasteiger partial charge in [0.05, 0.1) is 11.9 Å². The molecule has 244 valence electrons. The third kappa shape index (κ3) is 5.89. The van der Waals surface area contributed by atoms with Gasteiger partial charge in [-0.1, -0.05) is 13.8 Å². The topological polar surface area (TPSA) is 127 Å². The number of pyridine rings is 3. The fourth-order valence-corrected chi connectivity index (χ4v) is 7.07. The average Bonchev–Trinajstić information content (AvgIpc) is 3.55. The van der Waals surface area contributed by atoms with E-state index in [0.717, 1.165) is 44.7 Å². The molecule has 0 radical (unpaired) electrons. The molecule has 0 bridgehead atoms. The van der Waals surface area contributed by atoms with Crippen LogP contribution in [0.15, 0.2) is 53.7 Å². The summed E-state index contributed by atoms with van der Waals surface area (Å²) in [7, 11) is 1.69. The van der Waals surface area contributed by atoms with Crippen molar-refractivity contribution in [3.05, 3.63) is 81.8 Å². The zero-order valence-electron chi connectivity index (χ0n) is 27.3. The first-order chi connectivity index (χ1) is 22.6. The van der Waals surface area contributed by atoms with E-state index in [0.29, 0.717) is 52.8 Å². The minimum absolute atomic E-state index is 0.0794. The third-order valence-electron chi connectivity index (χ3n) is 9.32. The van der Waals surface area contributed by atoms with Crippen molar-refractivity contribution in [2.45, 2.75) is 46.8 Å². The van der Waals surface area contributed by atoms with Gasteiger partial charge in [-0.15, -0.1) is 0 Å². The molecule has 0 saturated carbocycles. The highest BCUT2D eigenvalue weighted by Crippen LogP contribution is 2.40. The van der Waals surface area contributed by atoms with Crippen LogP contribution in [0, 0.1) is 5.41 Å². The largest absolute Gasteiger partial charge is 0.461 e. The summed E-state index contributed by atoms with van der Waals surface area (Å²) < 4.78 is 9.18. The number of carbonyl (C=O) groups is 2. The van der Waals surface area contributed by atoms with E-state index in [1.54, 1.807) is 30.4 Å². The Hall–Kier alpha value is -4.97. The highest BCUT2D eigenvalue weighted by molar-refractivity contribution is 6.06. The number of anilines is 4. The van der Waals surface area contributed by atoms with E-state index in [-0.39, 0.29) is 23.5 Å². The lowest BCUT2D eigenvalue weighted by molar-refractivity contribution is -0.142. The van der Waals surface area contributed by atoms with Crippen molar-refractivity contribution in [2.24, 2.45) is 12.5 Å². The summed E-state index contributed by atoms with van der Waals surface area (Å²) in [5.74, 6) is 0.415. The van der Waals surface area contributed by atoms with Gasteiger partial charge in [0.15, 0.2) is 0 Å². The van der Waals surface area contributed by atoms with Crippen LogP contribution in [0.1, 0.15) is 48.1 Å². The number of hydrogen-bond donors (Lipinski definition) is 2. The highest BCUT2D eigenvalue weighted by Gasteiger charge is 2.37. The van der Waals surface area contributed by atoms with Crippen molar-refractivity contribution < 1.29 is 14.3 Å². The van der Waals surface area contributed by atoms with E-state index in [1.807, 2.05) is 30.5 Å². The molecule has 1 amide bonds. The van der Waals surface area contributed by atoms with E-state index < -0.39 is 5.97 Å². The van der Waals surface area contributed by atoms with Crippen LogP contribution in [0.25, 0.3) is 11.1 Å². The van der Waals surface area contributed by atoms with Crippen LogP contribution < -0.4 is 26.0 Å². The fourth-order valence-electron chi connectivity index (χ4n) is 7.07. The second-order valence-electron chi connectivity index (χ2n) is 13.4. The highest BCUT2D eigenvalue weighted by atomic mass is 16.5. The fraction of sp³-hybridized carbons (Fsp3) is 0.400. The number of aryl methyl sites for hydroxylation is 1. The molecule has 47 heavy (non-hydrogen) atoms. The minimum atomic E-state index is -0.443. The van der Waals surface area contributed by atoms with Gasteiger partial charge in [-0.05, 0) is 59.7 Å². The van der Waals surface area contributed by atoms with Crippen molar-refractivity contribution in [3.8, 4) is 11.1 Å². The molecule has 2 N–H and O–H groups in total. The second-order valence-corrected chi connectivity index (χ2v) is 13.4. The predicted octanol–water partition coefficient (Wildman–Crippen LogP) is 3.65. The number of esters is 1. The smallest absolute Gasteiger partial charge is 0.302 e. The Morgan fingerprint density at radius 1 is 1.04 bits per heavy atom. The number of ether oxygens (including phenoxy) is 1. The molecule has 12 heteroatoms. The summed E-state index contributed by atoms with van der Waals surface area (Å²) in [6.45, 7) is 10.6. The Morgan fingerprint density at radius 2 is 1.85 bits per heavy atom. The van der Waals surface area contributed by atoms with Crippen molar-refractivity contribution in [1.82, 2.24) is 24.4 Å². The Bertz CT molecular complexity index is 1920. The van der Waals surface area contributed by atoms with Gasteiger partial charge >= 0.3 is 5.97 Å². The van der Waals surface area contributed by atoms with Gasteiger partial charge in [-0.25, -0.2) is 9.97 Å². The summed E-state index contributed by atoms with van der Waals surface area (Å²) in [4.78, 5) is 52.5. The SMILES string of the molecule is CC(=O)OCc1c(-c2cc(Nc3ccc(N4CCNCC4)cn3)c(=O)n(C)c2)ccnc1N1CCn2c(cc3c2CC(C)(C)C3)C1=O. The molecular weight excluding hydrogens is 596 g/mol. The van der Waals surface area contributed by atoms with E-state index in [1.165, 1.54) is 22.7 Å². The molecule has 0 aromatic carbocycles. The zero-order valence-corrected chi connectivity index (χ0v) is 27.3. The first kappa shape index (κ1) is 30.7. The van der Waals surface area contributed by atoms with E-state index >= 15 is 0 Å². The van der Waals surface area contributed by atoms with Crippen LogP contribution in [0.5, 0.6) is 0 Å². The summed E-state index contributed by atoms with van der Waals surface area (Å²) in [6, 6.07) is 9.49. The van der Waals surface area contributed by atoms with E-state index in [9.17, 15) is 14.4 Å². The molecule has 1 aliphatic carbocycles. The Balaban J connectivity index is 1.22. The monoisotopic (exact) mass is 636 g/mol. The first-order valence-corrected chi connectivity index (χ1v) is 16.1. The third-order valence-corrected chi connectivity index (χ3v) is 9.32. The van der Waals surface area contributed by atoms with E-state index in [4.69, 9.17) is 4.74 Å². The van der Waals surface area contributed by atoms with Crippen molar-refractivity contribution >= 4 is 34.9 Å². The summed E-state index contributed by atoms with van der Waals surface area (Å²) in [5.41, 5.74) is 6.48. The summed E-state index contributed by atoms with van der Waals surface area (Å²) in [6.07, 6.45) is 7.09. The molecule has 3 aliphatic rings. The van der Waals surface area contributed by atoms with Crippen molar-refractivity contribution in [2.75, 3.05) is 47.8 Å². The maximum atomic E-state index is 14.0. The van der Waals surface area contributed by atoms with Crippen LogP contribution >= 0.6 is 0 Å². The van der Waals surface area contributed by atoms with Gasteiger partial charge in [0.2, 0.25) is 0 Å². The van der Waals surface area contributed by atoms with Gasteiger partial charge in [-0.3, -0.25) is 19.3 Å². The number of rotatable bonds is 7. The molecule has 6 heterocycles. The predicted molar refractivity (Wildman–Crippen MR) is 180 cm³/mol. The molecule has 2 aliphatic heterocycles. The number of fused-ring (bicyclic) bond motifs is 3. The number of hydrogen-bond acceptors (Lipinski definition) is 9. The molecule has 0 spiro atoms. The van der Waals surface area contributed by atoms with Gasteiger partial charge < -0.3 is 29.4 Å². The normalized spacial score (nSPS) is 17.0.